The highest BCUT2D eigenvalue weighted by Gasteiger charge is 2.35. The first-order valence-electron chi connectivity index (χ1n) is 6.98. The van der Waals surface area contributed by atoms with Gasteiger partial charge in [0.25, 0.3) is 0 Å². The molecule has 0 aromatic heterocycles. The number of hydrogen-bond donors (Lipinski definition) is 1. The zero-order valence-electron chi connectivity index (χ0n) is 11.8. The fraction of sp³-hybridized carbons (Fsp3) is 0.467. The lowest BCUT2D eigenvalue weighted by Crippen LogP contribution is -2.48. The van der Waals surface area contributed by atoms with Crippen LogP contribution >= 0.6 is 0 Å². The van der Waals surface area contributed by atoms with Gasteiger partial charge in [-0.2, -0.15) is 13.2 Å². The van der Waals surface area contributed by atoms with E-state index in [0.717, 1.165) is 6.07 Å². The second kappa shape index (κ2) is 6.37. The lowest BCUT2D eigenvalue weighted by atomic mass is 9.99. The van der Waals surface area contributed by atoms with Crippen molar-refractivity contribution >= 4 is 11.9 Å². The Morgan fingerprint density at radius 1 is 1.23 bits per heavy atom. The van der Waals surface area contributed by atoms with Crippen LogP contribution in [0, 0.1) is 0 Å². The standard InChI is InChI=1S/C15H16F3NO3/c16-15(17,18)11-6-2-1-5-10(11)9-13(20)19-8-4-3-7-12(19)14(21)22/h1-2,5-6,12H,3-4,7-9H2,(H,21,22)/t12-/m1/s1. The topological polar surface area (TPSA) is 57.6 Å². The molecule has 0 saturated carbocycles. The van der Waals surface area contributed by atoms with E-state index >= 15 is 0 Å². The molecular weight excluding hydrogens is 299 g/mol. The van der Waals surface area contributed by atoms with Crippen molar-refractivity contribution < 1.29 is 27.9 Å². The monoisotopic (exact) mass is 315 g/mol. The van der Waals surface area contributed by atoms with Crippen molar-refractivity contribution in [3.05, 3.63) is 35.4 Å². The highest BCUT2D eigenvalue weighted by molar-refractivity contribution is 5.85. The second-order valence-electron chi connectivity index (χ2n) is 5.27. The van der Waals surface area contributed by atoms with E-state index in [0.29, 0.717) is 19.3 Å². The second-order valence-corrected chi connectivity index (χ2v) is 5.27. The zero-order valence-corrected chi connectivity index (χ0v) is 11.8. The van der Waals surface area contributed by atoms with E-state index in [4.69, 9.17) is 5.11 Å². The number of aliphatic carboxylic acids is 1. The molecule has 2 rings (SSSR count). The molecule has 1 aliphatic heterocycles. The van der Waals surface area contributed by atoms with Crippen molar-refractivity contribution in [2.24, 2.45) is 0 Å². The fourth-order valence-corrected chi connectivity index (χ4v) is 2.70. The summed E-state index contributed by atoms with van der Waals surface area (Å²) < 4.78 is 38.8. The number of hydrogen-bond acceptors (Lipinski definition) is 2. The first-order chi connectivity index (χ1) is 10.3. The Labute approximate surface area is 125 Å². The molecule has 120 valence electrons. The number of piperidine rings is 1. The molecule has 1 N–H and O–H groups in total. The molecule has 7 heteroatoms. The van der Waals surface area contributed by atoms with Crippen molar-refractivity contribution in [3.63, 3.8) is 0 Å². The van der Waals surface area contributed by atoms with Crippen LogP contribution in [0.2, 0.25) is 0 Å². The third-order valence-electron chi connectivity index (χ3n) is 3.77. The number of rotatable bonds is 3. The van der Waals surface area contributed by atoms with Gasteiger partial charge in [0.2, 0.25) is 5.91 Å². The minimum absolute atomic E-state index is 0.130. The Hall–Kier alpha value is -2.05. The first kappa shape index (κ1) is 16.3. The van der Waals surface area contributed by atoms with Crippen LogP contribution in [-0.4, -0.2) is 34.5 Å². The largest absolute Gasteiger partial charge is 0.480 e. The number of benzene rings is 1. The molecular formula is C15H16F3NO3. The molecule has 0 unspecified atom stereocenters. The van der Waals surface area contributed by atoms with Gasteiger partial charge in [0.05, 0.1) is 12.0 Å². The van der Waals surface area contributed by atoms with E-state index in [1.54, 1.807) is 0 Å². The summed E-state index contributed by atoms with van der Waals surface area (Å²) in [7, 11) is 0. The lowest BCUT2D eigenvalue weighted by Gasteiger charge is -2.33. The van der Waals surface area contributed by atoms with Gasteiger partial charge in [0, 0.05) is 6.54 Å². The van der Waals surface area contributed by atoms with Gasteiger partial charge in [-0.1, -0.05) is 18.2 Å². The SMILES string of the molecule is O=C(O)[C@H]1CCCCN1C(=O)Cc1ccccc1C(F)(F)F. The molecule has 0 bridgehead atoms. The Kier molecular flexibility index (Phi) is 4.73. The molecule has 1 saturated heterocycles. The highest BCUT2D eigenvalue weighted by Crippen LogP contribution is 2.32. The summed E-state index contributed by atoms with van der Waals surface area (Å²) in [5, 5.41) is 9.13. The minimum Gasteiger partial charge on any atom is -0.480 e. The van der Waals surface area contributed by atoms with Crippen molar-refractivity contribution in [1.29, 1.82) is 0 Å². The summed E-state index contributed by atoms with van der Waals surface area (Å²) in [5.41, 5.74) is -0.984. The Bertz CT molecular complexity index is 571. The molecule has 1 aromatic rings. The molecule has 1 aromatic carbocycles. The summed E-state index contributed by atoms with van der Waals surface area (Å²) in [6.45, 7) is 0.268. The van der Waals surface area contributed by atoms with E-state index in [1.165, 1.54) is 23.1 Å². The quantitative estimate of drug-likeness (QED) is 0.933. The number of nitrogens with zero attached hydrogens (tertiary/aromatic N) is 1. The number of amides is 1. The van der Waals surface area contributed by atoms with Crippen molar-refractivity contribution in [2.45, 2.75) is 37.9 Å². The average Bonchev–Trinajstić information content (AvgIpc) is 2.46. The average molecular weight is 315 g/mol. The molecule has 4 nitrogen and oxygen atoms in total. The Balaban J connectivity index is 2.20. The number of carboxylic acids is 1. The van der Waals surface area contributed by atoms with Gasteiger partial charge >= 0.3 is 12.1 Å². The van der Waals surface area contributed by atoms with Crippen LogP contribution in [0.3, 0.4) is 0 Å². The molecule has 0 spiro atoms. The highest BCUT2D eigenvalue weighted by atomic mass is 19.4. The van der Waals surface area contributed by atoms with Crippen molar-refractivity contribution in [3.8, 4) is 0 Å². The number of carboxylic acid groups (broad SMARTS) is 1. The van der Waals surface area contributed by atoms with Crippen LogP contribution in [0.25, 0.3) is 0 Å². The van der Waals surface area contributed by atoms with Gasteiger partial charge < -0.3 is 10.0 Å². The minimum atomic E-state index is -4.54. The predicted octanol–water partition coefficient (Wildman–Crippen LogP) is 2.71. The zero-order chi connectivity index (χ0) is 16.3. The molecule has 1 heterocycles. The normalized spacial score (nSPS) is 19.0. The molecule has 0 radical (unpaired) electrons. The maximum absolute atomic E-state index is 12.9. The number of carbonyl (C=O) groups excluding carboxylic acids is 1. The summed E-state index contributed by atoms with van der Waals surface area (Å²) in [4.78, 5) is 24.6. The van der Waals surface area contributed by atoms with Crippen molar-refractivity contribution in [2.75, 3.05) is 6.54 Å². The van der Waals surface area contributed by atoms with Crippen LogP contribution in [-0.2, 0) is 22.2 Å². The molecule has 1 fully saturated rings. The fourth-order valence-electron chi connectivity index (χ4n) is 2.70. The number of alkyl halides is 3. The molecule has 22 heavy (non-hydrogen) atoms. The van der Waals surface area contributed by atoms with Gasteiger partial charge in [0.15, 0.2) is 0 Å². The van der Waals surface area contributed by atoms with Crippen molar-refractivity contribution in [1.82, 2.24) is 4.90 Å². The molecule has 0 aliphatic carbocycles. The summed E-state index contributed by atoms with van der Waals surface area (Å²) >= 11 is 0. The van der Waals surface area contributed by atoms with Gasteiger partial charge in [-0.05, 0) is 30.9 Å². The smallest absolute Gasteiger partial charge is 0.416 e. The van der Waals surface area contributed by atoms with E-state index in [-0.39, 0.29) is 12.1 Å². The third kappa shape index (κ3) is 3.58. The van der Waals surface area contributed by atoms with Gasteiger partial charge in [0.1, 0.15) is 6.04 Å². The number of halogens is 3. The summed E-state index contributed by atoms with van der Waals surface area (Å²) in [6.07, 6.45) is -3.29. The maximum Gasteiger partial charge on any atom is 0.416 e. The first-order valence-corrected chi connectivity index (χ1v) is 6.98. The van der Waals surface area contributed by atoms with Gasteiger partial charge in [-0.3, -0.25) is 4.79 Å². The maximum atomic E-state index is 12.9. The predicted molar refractivity (Wildman–Crippen MR) is 72.1 cm³/mol. The molecule has 1 aliphatic rings. The van der Waals surface area contributed by atoms with Crippen LogP contribution in [0.1, 0.15) is 30.4 Å². The van der Waals surface area contributed by atoms with E-state index in [1.807, 2.05) is 0 Å². The van der Waals surface area contributed by atoms with Crippen LogP contribution in [0.5, 0.6) is 0 Å². The Morgan fingerprint density at radius 2 is 1.91 bits per heavy atom. The third-order valence-corrected chi connectivity index (χ3v) is 3.77. The molecule has 1 atom stereocenters. The Morgan fingerprint density at radius 3 is 2.55 bits per heavy atom. The number of carbonyl (C=O) groups is 2. The van der Waals surface area contributed by atoms with E-state index in [9.17, 15) is 22.8 Å². The lowest BCUT2D eigenvalue weighted by molar-refractivity contribution is -0.152. The van der Waals surface area contributed by atoms with Crippen LogP contribution in [0.4, 0.5) is 13.2 Å². The van der Waals surface area contributed by atoms with Crippen LogP contribution in [0.15, 0.2) is 24.3 Å². The summed E-state index contributed by atoms with van der Waals surface area (Å²) in [5.74, 6) is -1.69. The molecule has 1 amide bonds. The van der Waals surface area contributed by atoms with Gasteiger partial charge in [-0.25, -0.2) is 4.79 Å². The van der Waals surface area contributed by atoms with E-state index in [2.05, 4.69) is 0 Å². The van der Waals surface area contributed by atoms with Crippen LogP contribution < -0.4 is 0 Å². The number of likely N-dealkylation sites (tertiary alicyclic amines) is 1. The van der Waals surface area contributed by atoms with E-state index < -0.39 is 36.1 Å². The summed E-state index contributed by atoms with van der Waals surface area (Å²) in [6, 6.07) is 3.92. The van der Waals surface area contributed by atoms with Gasteiger partial charge in [-0.15, -0.1) is 0 Å².